The zero-order valence-corrected chi connectivity index (χ0v) is 14.6. The predicted molar refractivity (Wildman–Crippen MR) is 91.8 cm³/mol. The molecule has 0 saturated carbocycles. The van der Waals surface area contributed by atoms with Crippen molar-refractivity contribution in [2.24, 2.45) is 0 Å². The van der Waals surface area contributed by atoms with Crippen molar-refractivity contribution in [1.82, 2.24) is 10.3 Å². The molecule has 9 heteroatoms. The Hall–Kier alpha value is -2.05. The Labute approximate surface area is 146 Å². The average molecular weight is 399 g/mol. The van der Waals surface area contributed by atoms with Crippen molar-refractivity contribution in [1.29, 1.82) is 5.26 Å². The van der Waals surface area contributed by atoms with Crippen LogP contribution in [0.15, 0.2) is 34.6 Å². The van der Waals surface area contributed by atoms with Gasteiger partial charge in [-0.2, -0.15) is 17.0 Å². The number of anilines is 1. The molecule has 1 atom stereocenters. The zero-order valence-electron chi connectivity index (χ0n) is 12.2. The number of carboxylic acids is 1. The average Bonchev–Trinajstić information content (AvgIpc) is 2.51. The van der Waals surface area contributed by atoms with E-state index < -0.39 is 17.9 Å². The summed E-state index contributed by atoms with van der Waals surface area (Å²) in [4.78, 5) is 27.1. The van der Waals surface area contributed by atoms with E-state index in [1.807, 2.05) is 6.26 Å². The fourth-order valence-electron chi connectivity index (χ4n) is 1.51. The Kier molecular flexibility index (Phi) is 8.15. The normalized spacial score (nSPS) is 12.1. The number of carbonyl (C=O) groups excluding carboxylic acids is 1. The van der Waals surface area contributed by atoms with Crippen molar-refractivity contribution in [2.75, 3.05) is 17.3 Å². The number of nitrogens with zero attached hydrogens (tertiary/aromatic N) is 2. The van der Waals surface area contributed by atoms with Gasteiger partial charge in [0.2, 0.25) is 0 Å². The molecule has 0 bridgehead atoms. The summed E-state index contributed by atoms with van der Waals surface area (Å²) in [6, 6.07) is 4.10. The molecule has 122 valence electrons. The van der Waals surface area contributed by atoms with Gasteiger partial charge in [0.15, 0.2) is 0 Å². The van der Waals surface area contributed by atoms with Crippen LogP contribution in [0, 0.1) is 11.3 Å². The van der Waals surface area contributed by atoms with E-state index in [1.54, 1.807) is 24.4 Å². The van der Waals surface area contributed by atoms with Gasteiger partial charge in [0.25, 0.3) is 5.91 Å². The molecule has 0 fully saturated rings. The van der Waals surface area contributed by atoms with Crippen molar-refractivity contribution in [3.05, 3.63) is 34.6 Å². The number of nitriles is 1. The Morgan fingerprint density at radius 2 is 2.35 bits per heavy atom. The summed E-state index contributed by atoms with van der Waals surface area (Å²) in [5, 5.41) is 23.2. The summed E-state index contributed by atoms with van der Waals surface area (Å²) in [6.45, 7) is 0. The van der Waals surface area contributed by atoms with Crippen molar-refractivity contribution in [3.8, 4) is 6.07 Å². The molecular formula is C14H15BrN4O3S. The quantitative estimate of drug-likeness (QED) is 0.452. The minimum atomic E-state index is -1.13. The predicted octanol–water partition coefficient (Wildman–Crippen LogP) is 1.99. The number of amides is 1. The van der Waals surface area contributed by atoms with Crippen LogP contribution in [0.2, 0.25) is 0 Å². The first-order valence-electron chi connectivity index (χ1n) is 6.49. The highest BCUT2D eigenvalue weighted by Gasteiger charge is 2.21. The van der Waals surface area contributed by atoms with E-state index in [4.69, 9.17) is 10.4 Å². The number of pyridine rings is 1. The molecule has 1 rings (SSSR count). The Bertz CT molecular complexity index is 645. The van der Waals surface area contributed by atoms with Crippen molar-refractivity contribution in [2.45, 2.75) is 12.5 Å². The van der Waals surface area contributed by atoms with Crippen LogP contribution in [0.1, 0.15) is 6.42 Å². The number of rotatable bonds is 8. The molecule has 0 radical (unpaired) electrons. The summed E-state index contributed by atoms with van der Waals surface area (Å²) in [5.41, 5.74) is -0.234. The second kappa shape index (κ2) is 9.86. The minimum absolute atomic E-state index is 0.234. The van der Waals surface area contributed by atoms with Crippen LogP contribution in [0.3, 0.4) is 0 Å². The van der Waals surface area contributed by atoms with Crippen LogP contribution >= 0.6 is 27.7 Å². The number of carboxylic acid groups (broad SMARTS) is 1. The summed E-state index contributed by atoms with van der Waals surface area (Å²) < 4.78 is 0.786. The summed E-state index contributed by atoms with van der Waals surface area (Å²) >= 11 is 4.75. The van der Waals surface area contributed by atoms with Gasteiger partial charge in [0.1, 0.15) is 23.5 Å². The van der Waals surface area contributed by atoms with Gasteiger partial charge in [-0.05, 0) is 30.6 Å². The van der Waals surface area contributed by atoms with Gasteiger partial charge in [-0.25, -0.2) is 9.78 Å². The summed E-state index contributed by atoms with van der Waals surface area (Å²) in [5.74, 6) is -0.852. The van der Waals surface area contributed by atoms with Gasteiger partial charge in [0, 0.05) is 16.9 Å². The van der Waals surface area contributed by atoms with Crippen LogP contribution in [0.25, 0.3) is 0 Å². The molecule has 7 nitrogen and oxygen atoms in total. The first-order chi connectivity index (χ1) is 11.0. The van der Waals surface area contributed by atoms with E-state index in [1.165, 1.54) is 18.0 Å². The lowest BCUT2D eigenvalue weighted by Crippen LogP contribution is -2.41. The van der Waals surface area contributed by atoms with Crippen molar-refractivity contribution in [3.63, 3.8) is 0 Å². The van der Waals surface area contributed by atoms with Crippen molar-refractivity contribution < 1.29 is 14.7 Å². The van der Waals surface area contributed by atoms with Gasteiger partial charge in [-0.1, -0.05) is 15.9 Å². The fourth-order valence-corrected chi connectivity index (χ4v) is 2.31. The lowest BCUT2D eigenvalue weighted by Gasteiger charge is -2.13. The smallest absolute Gasteiger partial charge is 0.326 e. The monoisotopic (exact) mass is 398 g/mol. The minimum Gasteiger partial charge on any atom is -0.480 e. The highest BCUT2D eigenvalue weighted by atomic mass is 79.9. The molecule has 0 spiro atoms. The molecule has 3 N–H and O–H groups in total. The standard InChI is InChI=1S/C14H15BrN4O3S/c1-23-5-3-11(14(21)22)19-13(20)9(7-16)8-18-12-6-10(15)2-4-17-12/h2,4,6,8,11H,3,5H2,1H3,(H,17,18)(H,19,20)(H,21,22)/b9-8-. The maximum absolute atomic E-state index is 12.0. The molecular weight excluding hydrogens is 384 g/mol. The topological polar surface area (TPSA) is 115 Å². The lowest BCUT2D eigenvalue weighted by molar-refractivity contribution is -0.141. The Morgan fingerprint density at radius 1 is 1.61 bits per heavy atom. The van der Waals surface area contributed by atoms with Gasteiger partial charge in [-0.3, -0.25) is 4.79 Å². The number of nitrogens with one attached hydrogen (secondary N) is 2. The molecule has 0 aliphatic carbocycles. The van der Waals surface area contributed by atoms with Crippen molar-refractivity contribution >= 4 is 45.4 Å². The zero-order chi connectivity index (χ0) is 17.2. The summed E-state index contributed by atoms with van der Waals surface area (Å²) in [7, 11) is 0. The molecule has 0 saturated heterocycles. The van der Waals surface area contributed by atoms with Crippen LogP contribution in [0.4, 0.5) is 5.82 Å². The number of thioether (sulfide) groups is 1. The third kappa shape index (κ3) is 6.71. The van der Waals surface area contributed by atoms with E-state index in [0.717, 1.165) is 4.47 Å². The number of halogens is 1. The highest BCUT2D eigenvalue weighted by Crippen LogP contribution is 2.13. The van der Waals surface area contributed by atoms with E-state index in [9.17, 15) is 9.59 Å². The van der Waals surface area contributed by atoms with Gasteiger partial charge in [-0.15, -0.1) is 0 Å². The molecule has 1 amide bonds. The third-order valence-corrected chi connectivity index (χ3v) is 3.80. The van der Waals surface area contributed by atoms with Gasteiger partial charge in [0.05, 0.1) is 0 Å². The summed E-state index contributed by atoms with van der Waals surface area (Å²) in [6.07, 6.45) is 4.87. The maximum Gasteiger partial charge on any atom is 0.326 e. The maximum atomic E-state index is 12.0. The number of hydrogen-bond acceptors (Lipinski definition) is 6. The second-order valence-electron chi connectivity index (χ2n) is 4.32. The van der Waals surface area contributed by atoms with Crippen LogP contribution < -0.4 is 10.6 Å². The Morgan fingerprint density at radius 3 is 2.91 bits per heavy atom. The molecule has 0 aliphatic rings. The fraction of sp³-hybridized carbons (Fsp3) is 0.286. The van der Waals surface area contributed by atoms with Crippen LogP contribution in [-0.2, 0) is 9.59 Å². The Balaban J connectivity index is 2.75. The van der Waals surface area contributed by atoms with Gasteiger partial charge >= 0.3 is 5.97 Å². The number of aliphatic carboxylic acids is 1. The molecule has 1 aromatic heterocycles. The second-order valence-corrected chi connectivity index (χ2v) is 6.22. The van der Waals surface area contributed by atoms with E-state index >= 15 is 0 Å². The molecule has 1 aromatic rings. The molecule has 1 heterocycles. The first-order valence-corrected chi connectivity index (χ1v) is 8.67. The molecule has 0 aliphatic heterocycles. The van der Waals surface area contributed by atoms with E-state index in [-0.39, 0.29) is 12.0 Å². The lowest BCUT2D eigenvalue weighted by atomic mass is 10.2. The molecule has 0 aromatic carbocycles. The molecule has 1 unspecified atom stereocenters. The van der Waals surface area contributed by atoms with Crippen LogP contribution in [0.5, 0.6) is 0 Å². The van der Waals surface area contributed by atoms with Gasteiger partial charge < -0.3 is 15.7 Å². The number of carbonyl (C=O) groups is 2. The SMILES string of the molecule is CSCCC(NC(=O)/C(C#N)=C\Nc1cc(Br)ccn1)C(=O)O. The highest BCUT2D eigenvalue weighted by molar-refractivity contribution is 9.10. The van der Waals surface area contributed by atoms with E-state index in [0.29, 0.717) is 11.6 Å². The third-order valence-electron chi connectivity index (χ3n) is 2.67. The largest absolute Gasteiger partial charge is 0.480 e. The van der Waals surface area contributed by atoms with Crippen LogP contribution in [-0.4, -0.2) is 40.0 Å². The first kappa shape index (κ1) is 19.0. The molecule has 23 heavy (non-hydrogen) atoms. The van der Waals surface area contributed by atoms with E-state index in [2.05, 4.69) is 31.5 Å². The number of aromatic nitrogens is 1. The number of hydrogen-bond donors (Lipinski definition) is 3.